The molecule has 1 aromatic carbocycles. The monoisotopic (exact) mass is 252 g/mol. The fourth-order valence-corrected chi connectivity index (χ4v) is 1.38. The van der Waals surface area contributed by atoms with Gasteiger partial charge in [-0.15, -0.1) is 0 Å². The van der Waals surface area contributed by atoms with Gasteiger partial charge in [0.2, 0.25) is 11.7 Å². The van der Waals surface area contributed by atoms with E-state index in [9.17, 15) is 14.9 Å². The van der Waals surface area contributed by atoms with Gasteiger partial charge in [-0.3, -0.25) is 14.9 Å². The van der Waals surface area contributed by atoms with Crippen LogP contribution in [0.15, 0.2) is 18.2 Å². The minimum atomic E-state index is -0.646. The Morgan fingerprint density at radius 1 is 1.39 bits per heavy atom. The van der Waals surface area contributed by atoms with Gasteiger partial charge in [0, 0.05) is 12.1 Å². The minimum Gasteiger partial charge on any atom is -0.493 e. The van der Waals surface area contributed by atoms with Gasteiger partial charge in [0.25, 0.3) is 0 Å². The maximum atomic E-state index is 10.9. The molecule has 0 aliphatic carbocycles. The zero-order valence-corrected chi connectivity index (χ0v) is 9.88. The number of methoxy groups -OCH3 is 2. The number of nitrogens with two attached hydrogens (primary N) is 1. The smallest absolute Gasteiger partial charge is 0.315 e. The highest BCUT2D eigenvalue weighted by Gasteiger charge is 2.20. The van der Waals surface area contributed by atoms with Gasteiger partial charge in [0.15, 0.2) is 5.75 Å². The predicted octanol–water partition coefficient (Wildman–Crippen LogP) is 1.11. The molecule has 0 bridgehead atoms. The molecule has 18 heavy (non-hydrogen) atoms. The van der Waals surface area contributed by atoms with Crippen LogP contribution in [-0.2, 0) is 4.79 Å². The maximum Gasteiger partial charge on any atom is 0.315 e. The van der Waals surface area contributed by atoms with Crippen molar-refractivity contribution in [3.05, 3.63) is 33.9 Å². The van der Waals surface area contributed by atoms with E-state index in [4.69, 9.17) is 15.2 Å². The van der Waals surface area contributed by atoms with E-state index < -0.39 is 10.8 Å². The van der Waals surface area contributed by atoms with Crippen LogP contribution in [0.1, 0.15) is 5.56 Å². The van der Waals surface area contributed by atoms with Crippen molar-refractivity contribution < 1.29 is 19.2 Å². The summed E-state index contributed by atoms with van der Waals surface area (Å²) in [5.74, 6) is -0.415. The zero-order valence-electron chi connectivity index (χ0n) is 9.88. The summed E-state index contributed by atoms with van der Waals surface area (Å²) in [6.07, 6.45) is 2.46. The van der Waals surface area contributed by atoms with Gasteiger partial charge in [-0.1, -0.05) is 0 Å². The molecule has 2 N–H and O–H groups in total. The Balaban J connectivity index is 3.36. The standard InChI is InChI=1S/C11H12N2O5/c1-17-9-6-7(3-4-10(12)14)5-8(13(15)16)11(9)18-2/h3-6H,1-2H3,(H2,12,14). The Bertz CT molecular complexity index is 510. The van der Waals surface area contributed by atoms with E-state index in [1.54, 1.807) is 0 Å². The van der Waals surface area contributed by atoms with Crippen LogP contribution >= 0.6 is 0 Å². The second kappa shape index (κ2) is 5.67. The molecule has 0 fully saturated rings. The van der Waals surface area contributed by atoms with Gasteiger partial charge < -0.3 is 15.2 Å². The van der Waals surface area contributed by atoms with Crippen molar-refractivity contribution in [1.29, 1.82) is 0 Å². The van der Waals surface area contributed by atoms with E-state index in [0.29, 0.717) is 5.56 Å². The predicted molar refractivity (Wildman–Crippen MR) is 64.4 cm³/mol. The third-order valence-corrected chi connectivity index (χ3v) is 2.12. The Morgan fingerprint density at radius 3 is 2.50 bits per heavy atom. The van der Waals surface area contributed by atoms with Crippen molar-refractivity contribution >= 4 is 17.7 Å². The second-order valence-corrected chi connectivity index (χ2v) is 3.27. The highest BCUT2D eigenvalue weighted by Crippen LogP contribution is 2.38. The highest BCUT2D eigenvalue weighted by atomic mass is 16.6. The van der Waals surface area contributed by atoms with Crippen LogP contribution in [-0.4, -0.2) is 25.1 Å². The van der Waals surface area contributed by atoms with Gasteiger partial charge in [-0.05, 0) is 17.7 Å². The molecule has 0 aliphatic rings. The van der Waals surface area contributed by atoms with Crippen molar-refractivity contribution in [2.45, 2.75) is 0 Å². The third kappa shape index (κ3) is 2.97. The largest absolute Gasteiger partial charge is 0.493 e. The molecule has 0 atom stereocenters. The quantitative estimate of drug-likeness (QED) is 0.480. The van der Waals surface area contributed by atoms with Crippen LogP contribution in [0, 0.1) is 10.1 Å². The number of primary amides is 1. The van der Waals surface area contributed by atoms with Gasteiger partial charge >= 0.3 is 5.69 Å². The average molecular weight is 252 g/mol. The Kier molecular flexibility index (Phi) is 4.25. The minimum absolute atomic E-state index is 0.0266. The molecule has 0 aromatic heterocycles. The molecule has 1 amide bonds. The Hall–Kier alpha value is -2.57. The third-order valence-electron chi connectivity index (χ3n) is 2.12. The summed E-state index contributed by atoms with van der Waals surface area (Å²) >= 11 is 0. The first-order valence-corrected chi connectivity index (χ1v) is 4.87. The second-order valence-electron chi connectivity index (χ2n) is 3.27. The summed E-state index contributed by atoms with van der Waals surface area (Å²) in [6.45, 7) is 0. The van der Waals surface area contributed by atoms with Crippen molar-refractivity contribution in [2.75, 3.05) is 14.2 Å². The van der Waals surface area contributed by atoms with Crippen molar-refractivity contribution in [3.63, 3.8) is 0 Å². The lowest BCUT2D eigenvalue weighted by atomic mass is 10.1. The summed E-state index contributed by atoms with van der Waals surface area (Å²) in [5.41, 5.74) is 5.12. The van der Waals surface area contributed by atoms with E-state index in [1.807, 2.05) is 0 Å². The van der Waals surface area contributed by atoms with E-state index in [1.165, 1.54) is 32.4 Å². The summed E-state index contributed by atoms with van der Waals surface area (Å²) < 4.78 is 9.92. The molecule has 7 heteroatoms. The first-order valence-electron chi connectivity index (χ1n) is 4.87. The molecular formula is C11H12N2O5. The topological polar surface area (TPSA) is 105 Å². The number of nitro benzene ring substituents is 1. The van der Waals surface area contributed by atoms with E-state index in [-0.39, 0.29) is 17.2 Å². The van der Waals surface area contributed by atoms with E-state index in [0.717, 1.165) is 6.08 Å². The van der Waals surface area contributed by atoms with Crippen LogP contribution in [0.2, 0.25) is 0 Å². The van der Waals surface area contributed by atoms with Crippen LogP contribution in [0.5, 0.6) is 11.5 Å². The zero-order chi connectivity index (χ0) is 13.7. The molecule has 0 saturated carbocycles. The maximum absolute atomic E-state index is 10.9. The molecule has 7 nitrogen and oxygen atoms in total. The number of hydrogen-bond donors (Lipinski definition) is 1. The van der Waals surface area contributed by atoms with Crippen LogP contribution in [0.4, 0.5) is 5.69 Å². The average Bonchev–Trinajstić information content (AvgIpc) is 2.34. The molecule has 0 heterocycles. The normalized spacial score (nSPS) is 10.3. The van der Waals surface area contributed by atoms with Crippen molar-refractivity contribution in [2.24, 2.45) is 5.73 Å². The highest BCUT2D eigenvalue weighted by molar-refractivity contribution is 5.90. The molecular weight excluding hydrogens is 240 g/mol. The molecule has 0 saturated heterocycles. The first kappa shape index (κ1) is 13.5. The fraction of sp³-hybridized carbons (Fsp3) is 0.182. The van der Waals surface area contributed by atoms with Crippen molar-refractivity contribution in [3.8, 4) is 11.5 Å². The molecule has 96 valence electrons. The number of amides is 1. The number of rotatable bonds is 5. The van der Waals surface area contributed by atoms with Gasteiger partial charge in [-0.2, -0.15) is 0 Å². The fourth-order valence-electron chi connectivity index (χ4n) is 1.38. The molecule has 1 rings (SSSR count). The Morgan fingerprint density at radius 2 is 2.06 bits per heavy atom. The lowest BCUT2D eigenvalue weighted by molar-refractivity contribution is -0.385. The van der Waals surface area contributed by atoms with E-state index >= 15 is 0 Å². The van der Waals surface area contributed by atoms with E-state index in [2.05, 4.69) is 0 Å². The molecule has 1 aromatic rings. The molecule has 0 radical (unpaired) electrons. The van der Waals surface area contributed by atoms with Crippen molar-refractivity contribution in [1.82, 2.24) is 0 Å². The molecule has 0 unspecified atom stereocenters. The van der Waals surface area contributed by atoms with Gasteiger partial charge in [0.1, 0.15) is 0 Å². The summed E-state index contributed by atoms with van der Waals surface area (Å²) in [7, 11) is 2.67. The van der Waals surface area contributed by atoms with Crippen LogP contribution < -0.4 is 15.2 Å². The lowest BCUT2D eigenvalue weighted by Gasteiger charge is -2.08. The lowest BCUT2D eigenvalue weighted by Crippen LogP contribution is -2.05. The van der Waals surface area contributed by atoms with Gasteiger partial charge in [-0.25, -0.2) is 0 Å². The number of ether oxygens (including phenoxy) is 2. The molecule has 0 aliphatic heterocycles. The summed E-state index contributed by atoms with van der Waals surface area (Å²) in [4.78, 5) is 20.9. The first-order chi connectivity index (χ1) is 8.49. The summed E-state index contributed by atoms with van der Waals surface area (Å²) in [5, 5.41) is 10.9. The number of nitro groups is 1. The number of nitrogens with zero attached hydrogens (tertiary/aromatic N) is 1. The van der Waals surface area contributed by atoms with Crippen LogP contribution in [0.3, 0.4) is 0 Å². The van der Waals surface area contributed by atoms with Gasteiger partial charge in [0.05, 0.1) is 19.1 Å². The number of carbonyl (C=O) groups is 1. The Labute approximate surface area is 103 Å². The van der Waals surface area contributed by atoms with Crippen LogP contribution in [0.25, 0.3) is 6.08 Å². The molecule has 0 spiro atoms. The summed E-state index contributed by atoms with van der Waals surface area (Å²) in [6, 6.07) is 2.77. The number of carbonyl (C=O) groups excluding carboxylic acids is 1. The number of benzene rings is 1. The SMILES string of the molecule is COc1cc(C=CC(N)=O)cc([N+](=O)[O-])c1OC. The number of hydrogen-bond acceptors (Lipinski definition) is 5.